The lowest BCUT2D eigenvalue weighted by molar-refractivity contribution is -0.135. The Balaban J connectivity index is 2.23. The van der Waals surface area contributed by atoms with Gasteiger partial charge in [-0.25, -0.2) is 4.79 Å². The molecule has 7 nitrogen and oxygen atoms in total. The number of nitrogens with zero attached hydrogens (tertiary/aromatic N) is 1. The number of halogens is 1. The van der Waals surface area contributed by atoms with E-state index in [9.17, 15) is 19.8 Å². The summed E-state index contributed by atoms with van der Waals surface area (Å²) in [6.07, 6.45) is -0.951. The third kappa shape index (κ3) is 4.30. The van der Waals surface area contributed by atoms with Crippen LogP contribution in [-0.4, -0.2) is 33.9 Å². The molecule has 0 spiro atoms. The maximum Gasteiger partial charge on any atom is 0.415 e. The number of carboxylic acids is 1. The third-order valence-electron chi connectivity index (χ3n) is 3.05. The van der Waals surface area contributed by atoms with E-state index in [0.29, 0.717) is 0 Å². The smallest absolute Gasteiger partial charge is 0.415 e. The van der Waals surface area contributed by atoms with E-state index in [0.717, 1.165) is 22.6 Å². The lowest BCUT2D eigenvalue weighted by Crippen LogP contribution is -2.36. The number of phenolic OH excluding ortho intramolecular Hbond substituents is 2. The van der Waals surface area contributed by atoms with Gasteiger partial charge >= 0.3 is 12.1 Å². The molecule has 0 bridgehead atoms. The van der Waals surface area contributed by atoms with Crippen molar-refractivity contribution in [1.29, 1.82) is 0 Å². The molecule has 0 atom stereocenters. The highest BCUT2D eigenvalue weighted by Gasteiger charge is 2.24. The van der Waals surface area contributed by atoms with Crippen molar-refractivity contribution in [3.05, 3.63) is 53.1 Å². The molecular formula is C16H14ClNO6. The Morgan fingerprint density at radius 3 is 2.33 bits per heavy atom. The van der Waals surface area contributed by atoms with E-state index in [2.05, 4.69) is 0 Å². The highest BCUT2D eigenvalue weighted by molar-refractivity contribution is 6.34. The van der Waals surface area contributed by atoms with Gasteiger partial charge in [-0.3, -0.25) is 9.69 Å². The van der Waals surface area contributed by atoms with Crippen LogP contribution in [0.25, 0.3) is 0 Å². The fourth-order valence-corrected chi connectivity index (χ4v) is 2.19. The van der Waals surface area contributed by atoms with Crippen LogP contribution < -0.4 is 4.90 Å². The number of carbonyl (C=O) groups is 2. The molecule has 0 aliphatic heterocycles. The number of rotatable bonds is 5. The van der Waals surface area contributed by atoms with E-state index in [-0.39, 0.29) is 17.3 Å². The van der Waals surface area contributed by atoms with Gasteiger partial charge in [-0.1, -0.05) is 41.9 Å². The SMILES string of the molecule is O=C(O)CN(C(=O)OCc1ccccc1)c1cc(O)c(O)cc1Cl. The highest BCUT2D eigenvalue weighted by Crippen LogP contribution is 2.36. The molecule has 0 fully saturated rings. The van der Waals surface area contributed by atoms with Crippen LogP contribution in [0.5, 0.6) is 11.5 Å². The van der Waals surface area contributed by atoms with Gasteiger partial charge in [0.25, 0.3) is 0 Å². The summed E-state index contributed by atoms with van der Waals surface area (Å²) in [6.45, 7) is -0.783. The predicted molar refractivity (Wildman–Crippen MR) is 86.4 cm³/mol. The molecule has 0 saturated heterocycles. The number of carboxylic acid groups (broad SMARTS) is 1. The lowest BCUT2D eigenvalue weighted by atomic mass is 10.2. The number of benzene rings is 2. The molecule has 0 heterocycles. The second-order valence-corrected chi connectivity index (χ2v) is 5.22. The summed E-state index contributed by atoms with van der Waals surface area (Å²) in [7, 11) is 0. The zero-order valence-electron chi connectivity index (χ0n) is 12.3. The molecule has 0 radical (unpaired) electrons. The second-order valence-electron chi connectivity index (χ2n) is 4.81. The maximum absolute atomic E-state index is 12.2. The second kappa shape index (κ2) is 7.56. The number of carbonyl (C=O) groups excluding carboxylic acids is 1. The van der Waals surface area contributed by atoms with Crippen LogP contribution in [0.1, 0.15) is 5.56 Å². The average Bonchev–Trinajstić information content (AvgIpc) is 2.55. The van der Waals surface area contributed by atoms with E-state index >= 15 is 0 Å². The predicted octanol–water partition coefficient (Wildman–Crippen LogP) is 2.98. The summed E-state index contributed by atoms with van der Waals surface area (Å²) in [5, 5.41) is 27.8. The first-order chi connectivity index (χ1) is 11.4. The Hall–Kier alpha value is -2.93. The Bertz CT molecular complexity index is 750. The number of aromatic hydroxyl groups is 2. The van der Waals surface area contributed by atoms with E-state index < -0.39 is 30.1 Å². The Kier molecular flexibility index (Phi) is 5.49. The van der Waals surface area contributed by atoms with E-state index in [1.165, 1.54) is 0 Å². The Labute approximate surface area is 142 Å². The molecule has 126 valence electrons. The van der Waals surface area contributed by atoms with Crippen molar-refractivity contribution in [2.45, 2.75) is 6.61 Å². The summed E-state index contributed by atoms with van der Waals surface area (Å²) in [4.78, 5) is 24.0. The number of anilines is 1. The summed E-state index contributed by atoms with van der Waals surface area (Å²) in [5.41, 5.74) is 0.633. The van der Waals surface area contributed by atoms with Crippen LogP contribution in [0.2, 0.25) is 5.02 Å². The highest BCUT2D eigenvalue weighted by atomic mass is 35.5. The van der Waals surface area contributed by atoms with Gasteiger partial charge in [0.05, 0.1) is 10.7 Å². The first-order valence-corrected chi connectivity index (χ1v) is 7.17. The van der Waals surface area contributed by atoms with Crippen LogP contribution in [0.15, 0.2) is 42.5 Å². The molecule has 0 saturated carbocycles. The molecule has 3 N–H and O–H groups in total. The molecule has 2 aromatic rings. The van der Waals surface area contributed by atoms with Gasteiger partial charge in [-0.05, 0) is 5.56 Å². The monoisotopic (exact) mass is 351 g/mol. The molecule has 0 aliphatic rings. The minimum absolute atomic E-state index is 0.0581. The minimum atomic E-state index is -1.30. The number of amides is 1. The fraction of sp³-hybridized carbons (Fsp3) is 0.125. The van der Waals surface area contributed by atoms with Crippen molar-refractivity contribution in [2.75, 3.05) is 11.4 Å². The van der Waals surface area contributed by atoms with Crippen LogP contribution in [0.3, 0.4) is 0 Å². The van der Waals surface area contributed by atoms with Gasteiger partial charge in [0.15, 0.2) is 11.5 Å². The van der Waals surface area contributed by atoms with Crippen molar-refractivity contribution in [1.82, 2.24) is 0 Å². The molecule has 8 heteroatoms. The molecule has 0 aromatic heterocycles. The van der Waals surface area contributed by atoms with Gasteiger partial charge in [0, 0.05) is 12.1 Å². The van der Waals surface area contributed by atoms with Crippen LogP contribution in [0.4, 0.5) is 10.5 Å². The zero-order valence-corrected chi connectivity index (χ0v) is 13.1. The molecular weight excluding hydrogens is 338 g/mol. The number of aliphatic carboxylic acids is 1. The first kappa shape index (κ1) is 17.4. The first-order valence-electron chi connectivity index (χ1n) is 6.80. The number of hydrogen-bond donors (Lipinski definition) is 3. The van der Waals surface area contributed by atoms with E-state index in [4.69, 9.17) is 21.4 Å². The molecule has 0 aliphatic carbocycles. The normalized spacial score (nSPS) is 10.2. The summed E-state index contributed by atoms with van der Waals surface area (Å²) >= 11 is 5.93. The maximum atomic E-state index is 12.2. The summed E-state index contributed by atoms with van der Waals surface area (Å²) in [6, 6.07) is 10.8. The van der Waals surface area contributed by atoms with Gasteiger partial charge in [0.2, 0.25) is 0 Å². The standard InChI is InChI=1S/C16H14ClNO6/c17-11-6-13(19)14(20)7-12(11)18(8-15(21)22)16(23)24-9-10-4-2-1-3-5-10/h1-7,19-20H,8-9H2,(H,21,22). The zero-order chi connectivity index (χ0) is 17.7. The number of phenols is 2. The van der Waals surface area contributed by atoms with Crippen LogP contribution >= 0.6 is 11.6 Å². The van der Waals surface area contributed by atoms with E-state index in [1.54, 1.807) is 30.3 Å². The lowest BCUT2D eigenvalue weighted by Gasteiger charge is -2.22. The Morgan fingerprint density at radius 2 is 1.71 bits per heavy atom. The molecule has 24 heavy (non-hydrogen) atoms. The van der Waals surface area contributed by atoms with Gasteiger partial charge in [-0.15, -0.1) is 0 Å². The van der Waals surface area contributed by atoms with Gasteiger partial charge < -0.3 is 20.1 Å². The topological polar surface area (TPSA) is 107 Å². The van der Waals surface area contributed by atoms with E-state index in [1.807, 2.05) is 0 Å². The van der Waals surface area contributed by atoms with Crippen molar-refractivity contribution < 1.29 is 29.6 Å². The van der Waals surface area contributed by atoms with Crippen molar-refractivity contribution in [2.24, 2.45) is 0 Å². The van der Waals surface area contributed by atoms with Crippen molar-refractivity contribution in [3.8, 4) is 11.5 Å². The molecule has 2 aromatic carbocycles. The van der Waals surface area contributed by atoms with Gasteiger partial charge in [-0.2, -0.15) is 0 Å². The quantitative estimate of drug-likeness (QED) is 0.715. The molecule has 1 amide bonds. The number of hydrogen-bond acceptors (Lipinski definition) is 5. The average molecular weight is 352 g/mol. The fourth-order valence-electron chi connectivity index (χ4n) is 1.93. The van der Waals surface area contributed by atoms with Crippen LogP contribution in [-0.2, 0) is 16.1 Å². The van der Waals surface area contributed by atoms with Crippen molar-refractivity contribution in [3.63, 3.8) is 0 Å². The third-order valence-corrected chi connectivity index (χ3v) is 3.36. The summed E-state index contributed by atoms with van der Waals surface area (Å²) < 4.78 is 5.09. The largest absolute Gasteiger partial charge is 0.504 e. The minimum Gasteiger partial charge on any atom is -0.504 e. The van der Waals surface area contributed by atoms with Gasteiger partial charge in [0.1, 0.15) is 13.2 Å². The number of ether oxygens (including phenoxy) is 1. The molecule has 0 unspecified atom stereocenters. The van der Waals surface area contributed by atoms with Crippen molar-refractivity contribution >= 4 is 29.4 Å². The van der Waals surface area contributed by atoms with Crippen LogP contribution in [0, 0.1) is 0 Å². The Morgan fingerprint density at radius 1 is 1.08 bits per heavy atom. The summed E-state index contributed by atoms with van der Waals surface area (Å²) in [5.74, 6) is -2.33. The molecule has 2 rings (SSSR count).